The number of amides is 1. The molecule has 2 aliphatic heterocycles. The van der Waals surface area contributed by atoms with Crippen molar-refractivity contribution in [3.63, 3.8) is 0 Å². The summed E-state index contributed by atoms with van der Waals surface area (Å²) < 4.78 is 11.9. The van der Waals surface area contributed by atoms with Gasteiger partial charge in [0.15, 0.2) is 0 Å². The molecule has 2 aromatic rings. The summed E-state index contributed by atoms with van der Waals surface area (Å²) in [6.45, 7) is 5.12. The SMILES string of the molecule is Cc1cncc(C(=O)N2CC3(C2)OCC[C@H]3COCc2cccnc2)c1. The highest BCUT2D eigenvalue weighted by Gasteiger charge is 2.54. The second-order valence-corrected chi connectivity index (χ2v) is 7.19. The molecule has 1 amide bonds. The van der Waals surface area contributed by atoms with Crippen LogP contribution in [0.4, 0.5) is 0 Å². The first kappa shape index (κ1) is 17.1. The van der Waals surface area contributed by atoms with E-state index >= 15 is 0 Å². The number of likely N-dealkylation sites (tertiary alicyclic amines) is 1. The second kappa shape index (κ2) is 7.13. The van der Waals surface area contributed by atoms with Crippen molar-refractivity contribution in [2.45, 2.75) is 25.6 Å². The van der Waals surface area contributed by atoms with Gasteiger partial charge in [-0.05, 0) is 36.6 Å². The van der Waals surface area contributed by atoms with E-state index in [4.69, 9.17) is 9.47 Å². The van der Waals surface area contributed by atoms with Crippen molar-refractivity contribution in [3.8, 4) is 0 Å². The van der Waals surface area contributed by atoms with Crippen LogP contribution in [0.25, 0.3) is 0 Å². The Hall–Kier alpha value is -2.31. The van der Waals surface area contributed by atoms with Crippen LogP contribution in [0.2, 0.25) is 0 Å². The summed E-state index contributed by atoms with van der Waals surface area (Å²) in [5.74, 6) is 0.344. The quantitative estimate of drug-likeness (QED) is 0.825. The maximum Gasteiger partial charge on any atom is 0.255 e. The molecule has 2 aromatic heterocycles. The fraction of sp³-hybridized carbons (Fsp3) is 0.450. The Balaban J connectivity index is 1.32. The van der Waals surface area contributed by atoms with E-state index < -0.39 is 0 Å². The number of nitrogens with zero attached hydrogens (tertiary/aromatic N) is 3. The molecule has 0 unspecified atom stereocenters. The van der Waals surface area contributed by atoms with Crippen LogP contribution in [0.1, 0.15) is 27.9 Å². The molecule has 0 N–H and O–H groups in total. The van der Waals surface area contributed by atoms with Crippen molar-refractivity contribution >= 4 is 5.91 Å². The molecule has 4 heterocycles. The predicted octanol–water partition coefficient (Wildman–Crippen LogP) is 2.23. The molecule has 6 heteroatoms. The normalized spacial score (nSPS) is 21.0. The van der Waals surface area contributed by atoms with Gasteiger partial charge >= 0.3 is 0 Å². The van der Waals surface area contributed by atoms with E-state index in [2.05, 4.69) is 9.97 Å². The molecule has 1 atom stereocenters. The molecule has 0 aromatic carbocycles. The van der Waals surface area contributed by atoms with Crippen molar-refractivity contribution in [2.24, 2.45) is 5.92 Å². The van der Waals surface area contributed by atoms with Crippen molar-refractivity contribution in [3.05, 3.63) is 59.7 Å². The molecular weight excluding hydrogens is 330 g/mol. The third kappa shape index (κ3) is 3.34. The number of carbonyl (C=O) groups is 1. The number of aromatic nitrogens is 2. The van der Waals surface area contributed by atoms with Gasteiger partial charge in [-0.3, -0.25) is 14.8 Å². The summed E-state index contributed by atoms with van der Waals surface area (Å²) in [6, 6.07) is 5.80. The average molecular weight is 353 g/mol. The monoisotopic (exact) mass is 353 g/mol. The minimum atomic E-state index is -0.248. The highest BCUT2D eigenvalue weighted by atomic mass is 16.5. The molecular formula is C20H23N3O3. The number of rotatable bonds is 5. The molecule has 4 rings (SSSR count). The van der Waals surface area contributed by atoms with Crippen LogP contribution in [-0.2, 0) is 16.1 Å². The third-order valence-corrected chi connectivity index (χ3v) is 5.24. The lowest BCUT2D eigenvalue weighted by Crippen LogP contribution is -2.66. The van der Waals surface area contributed by atoms with E-state index in [1.807, 2.05) is 36.2 Å². The van der Waals surface area contributed by atoms with E-state index in [0.717, 1.165) is 24.2 Å². The van der Waals surface area contributed by atoms with E-state index in [9.17, 15) is 4.79 Å². The molecule has 2 saturated heterocycles. The zero-order valence-corrected chi connectivity index (χ0v) is 14.9. The first-order chi connectivity index (χ1) is 12.7. The lowest BCUT2D eigenvalue weighted by molar-refractivity contribution is -0.129. The molecule has 136 valence electrons. The van der Waals surface area contributed by atoms with Crippen LogP contribution in [0.3, 0.4) is 0 Å². The van der Waals surface area contributed by atoms with E-state index in [0.29, 0.717) is 37.8 Å². The van der Waals surface area contributed by atoms with Crippen molar-refractivity contribution in [1.29, 1.82) is 0 Å². The highest BCUT2D eigenvalue weighted by Crippen LogP contribution is 2.40. The highest BCUT2D eigenvalue weighted by molar-refractivity contribution is 5.94. The predicted molar refractivity (Wildman–Crippen MR) is 95.6 cm³/mol. The first-order valence-electron chi connectivity index (χ1n) is 8.98. The van der Waals surface area contributed by atoms with Gasteiger partial charge in [0.25, 0.3) is 5.91 Å². The van der Waals surface area contributed by atoms with Gasteiger partial charge in [0.05, 0.1) is 31.9 Å². The zero-order chi connectivity index (χ0) is 18.0. The third-order valence-electron chi connectivity index (χ3n) is 5.24. The van der Waals surface area contributed by atoms with Gasteiger partial charge in [-0.15, -0.1) is 0 Å². The smallest absolute Gasteiger partial charge is 0.255 e. The first-order valence-corrected chi connectivity index (χ1v) is 8.98. The van der Waals surface area contributed by atoms with E-state index in [1.54, 1.807) is 18.6 Å². The van der Waals surface area contributed by atoms with Gasteiger partial charge in [-0.25, -0.2) is 0 Å². The van der Waals surface area contributed by atoms with Crippen LogP contribution < -0.4 is 0 Å². The summed E-state index contributed by atoms with van der Waals surface area (Å²) in [5.41, 5.74) is 2.45. The van der Waals surface area contributed by atoms with Gasteiger partial charge in [0.1, 0.15) is 5.60 Å². The van der Waals surface area contributed by atoms with Crippen molar-refractivity contribution in [1.82, 2.24) is 14.9 Å². The summed E-state index contributed by atoms with van der Waals surface area (Å²) >= 11 is 0. The fourth-order valence-corrected chi connectivity index (χ4v) is 3.77. The summed E-state index contributed by atoms with van der Waals surface area (Å²) in [4.78, 5) is 22.7. The molecule has 2 aliphatic rings. The summed E-state index contributed by atoms with van der Waals surface area (Å²) in [7, 11) is 0. The zero-order valence-electron chi connectivity index (χ0n) is 14.9. The number of aryl methyl sites for hydroxylation is 1. The number of ether oxygens (including phenoxy) is 2. The Labute approximate surface area is 153 Å². The molecule has 1 spiro atoms. The summed E-state index contributed by atoms with van der Waals surface area (Å²) in [6.07, 6.45) is 7.93. The number of hydrogen-bond donors (Lipinski definition) is 0. The maximum atomic E-state index is 12.6. The minimum absolute atomic E-state index is 0.0253. The lowest BCUT2D eigenvalue weighted by Gasteiger charge is -2.50. The molecule has 0 bridgehead atoms. The topological polar surface area (TPSA) is 64.6 Å². The van der Waals surface area contributed by atoms with Gasteiger partial charge in [0.2, 0.25) is 0 Å². The summed E-state index contributed by atoms with van der Waals surface area (Å²) in [5, 5.41) is 0. The maximum absolute atomic E-state index is 12.6. The Morgan fingerprint density at radius 2 is 2.23 bits per heavy atom. The Morgan fingerprint density at radius 1 is 1.35 bits per heavy atom. The number of carbonyl (C=O) groups excluding carboxylic acids is 1. The Kier molecular flexibility index (Phi) is 4.70. The lowest BCUT2D eigenvalue weighted by atomic mass is 9.81. The van der Waals surface area contributed by atoms with Gasteiger partial charge in [0, 0.05) is 37.3 Å². The minimum Gasteiger partial charge on any atom is -0.376 e. The van der Waals surface area contributed by atoms with Crippen LogP contribution in [0.5, 0.6) is 0 Å². The van der Waals surface area contributed by atoms with Gasteiger partial charge < -0.3 is 14.4 Å². The molecule has 0 radical (unpaired) electrons. The fourth-order valence-electron chi connectivity index (χ4n) is 3.77. The van der Waals surface area contributed by atoms with E-state index in [1.165, 1.54) is 0 Å². The van der Waals surface area contributed by atoms with Crippen LogP contribution in [0.15, 0.2) is 43.0 Å². The number of pyridine rings is 2. The van der Waals surface area contributed by atoms with Crippen molar-refractivity contribution in [2.75, 3.05) is 26.3 Å². The van der Waals surface area contributed by atoms with Crippen LogP contribution >= 0.6 is 0 Å². The van der Waals surface area contributed by atoms with E-state index in [-0.39, 0.29) is 11.5 Å². The standard InChI is InChI=1S/C20H23N3O3/c1-15-7-17(10-22-8-15)19(24)23-13-20(14-23)18(4-6-26-20)12-25-11-16-3-2-5-21-9-16/h2-3,5,7-10,18H,4,6,11-14H2,1H3/t18-/m0/s1. The molecule has 0 saturated carbocycles. The Bertz CT molecular complexity index is 775. The van der Waals surface area contributed by atoms with Gasteiger partial charge in [-0.1, -0.05) is 6.07 Å². The second-order valence-electron chi connectivity index (χ2n) is 7.19. The van der Waals surface area contributed by atoms with Gasteiger partial charge in [-0.2, -0.15) is 0 Å². The molecule has 2 fully saturated rings. The van der Waals surface area contributed by atoms with Crippen molar-refractivity contribution < 1.29 is 14.3 Å². The molecule has 26 heavy (non-hydrogen) atoms. The molecule has 6 nitrogen and oxygen atoms in total. The molecule has 0 aliphatic carbocycles. The largest absolute Gasteiger partial charge is 0.376 e. The average Bonchev–Trinajstić information content (AvgIpc) is 3.05. The van der Waals surface area contributed by atoms with Crippen LogP contribution in [-0.4, -0.2) is 52.7 Å². The number of hydrogen-bond acceptors (Lipinski definition) is 5. The Morgan fingerprint density at radius 3 is 3.00 bits per heavy atom. The van der Waals surface area contributed by atoms with Crippen LogP contribution in [0, 0.1) is 12.8 Å².